The highest BCUT2D eigenvalue weighted by atomic mass is 35.5. The molecule has 0 saturated heterocycles. The van der Waals surface area contributed by atoms with E-state index in [0.717, 1.165) is 24.1 Å². The summed E-state index contributed by atoms with van der Waals surface area (Å²) in [7, 11) is 0. The summed E-state index contributed by atoms with van der Waals surface area (Å²) >= 11 is 7.64. The number of thiophene rings is 1. The van der Waals surface area contributed by atoms with Gasteiger partial charge in [0.25, 0.3) is 0 Å². The number of benzene rings is 2. The molecule has 0 radical (unpaired) electrons. The molecule has 3 N–H and O–H groups in total. The van der Waals surface area contributed by atoms with Crippen molar-refractivity contribution in [3.05, 3.63) is 86.8 Å². The fraction of sp³-hybridized carbons (Fsp3) is 0.280. The number of hydrogen-bond donors (Lipinski definition) is 2. The molecule has 0 saturated carbocycles. The Bertz CT molecular complexity index is 1040. The van der Waals surface area contributed by atoms with E-state index in [1.807, 2.05) is 6.07 Å². The molecular weight excluding hydrogens is 428 g/mol. The number of nitrogens with one attached hydrogen (secondary N) is 1. The van der Waals surface area contributed by atoms with Crippen molar-refractivity contribution < 1.29 is 9.59 Å². The first-order chi connectivity index (χ1) is 15.0. The largest absolute Gasteiger partial charge is 0.322 e. The molecule has 162 valence electrons. The molecule has 0 aliphatic carbocycles. The third-order valence-electron chi connectivity index (χ3n) is 5.09. The van der Waals surface area contributed by atoms with Crippen molar-refractivity contribution in [2.24, 2.45) is 5.73 Å². The fourth-order valence-corrected chi connectivity index (χ4v) is 4.61. The van der Waals surface area contributed by atoms with Crippen molar-refractivity contribution in [3.8, 4) is 0 Å². The third-order valence-corrected chi connectivity index (χ3v) is 6.53. The fourth-order valence-electron chi connectivity index (χ4n) is 3.32. The number of nitrogens with two attached hydrogens (primary N) is 1. The predicted octanol–water partition coefficient (Wildman–Crippen LogP) is 5.66. The third kappa shape index (κ3) is 6.26. The van der Waals surface area contributed by atoms with Crippen LogP contribution in [0.15, 0.2) is 54.6 Å². The zero-order chi connectivity index (χ0) is 22.2. The van der Waals surface area contributed by atoms with Crippen molar-refractivity contribution in [2.45, 2.75) is 39.0 Å². The molecule has 1 amide bonds. The van der Waals surface area contributed by atoms with Crippen molar-refractivity contribution in [2.75, 3.05) is 11.9 Å². The second-order valence-corrected chi connectivity index (χ2v) is 8.98. The van der Waals surface area contributed by atoms with Crippen LogP contribution >= 0.6 is 22.9 Å². The smallest absolute Gasteiger partial charge is 0.238 e. The molecule has 6 heteroatoms. The molecule has 1 heterocycles. The van der Waals surface area contributed by atoms with Crippen molar-refractivity contribution in [1.29, 1.82) is 0 Å². The molecule has 0 bridgehead atoms. The monoisotopic (exact) mass is 454 g/mol. The van der Waals surface area contributed by atoms with Crippen LogP contribution in [0.3, 0.4) is 0 Å². The Morgan fingerprint density at radius 3 is 2.29 bits per heavy atom. The molecule has 0 atom stereocenters. The summed E-state index contributed by atoms with van der Waals surface area (Å²) in [6.07, 6.45) is 5.14. The normalized spacial score (nSPS) is 10.8. The van der Waals surface area contributed by atoms with Crippen LogP contribution in [-0.2, 0) is 24.1 Å². The van der Waals surface area contributed by atoms with Crippen LogP contribution in [0.4, 0.5) is 5.00 Å². The number of ketones is 1. The molecule has 0 fully saturated rings. The number of carbonyl (C=O) groups is 2. The van der Waals surface area contributed by atoms with Gasteiger partial charge in [0.15, 0.2) is 5.78 Å². The lowest BCUT2D eigenvalue weighted by Gasteiger charge is -2.05. The minimum absolute atomic E-state index is 0.142. The highest BCUT2D eigenvalue weighted by Crippen LogP contribution is 2.32. The predicted molar refractivity (Wildman–Crippen MR) is 129 cm³/mol. The Morgan fingerprint density at radius 1 is 0.968 bits per heavy atom. The van der Waals surface area contributed by atoms with Gasteiger partial charge < -0.3 is 11.1 Å². The Balaban J connectivity index is 1.78. The maximum absolute atomic E-state index is 13.1. The average molecular weight is 455 g/mol. The first-order valence-electron chi connectivity index (χ1n) is 10.5. The molecule has 0 spiro atoms. The van der Waals surface area contributed by atoms with Crippen molar-refractivity contribution in [1.82, 2.24) is 0 Å². The van der Waals surface area contributed by atoms with Crippen LogP contribution < -0.4 is 11.1 Å². The molecule has 0 unspecified atom stereocenters. The summed E-state index contributed by atoms with van der Waals surface area (Å²) in [5.41, 5.74) is 8.93. The quantitative estimate of drug-likeness (QED) is 0.388. The van der Waals surface area contributed by atoms with Crippen molar-refractivity contribution in [3.63, 3.8) is 0 Å². The molecule has 0 aliphatic rings. The molecule has 3 rings (SSSR count). The van der Waals surface area contributed by atoms with Gasteiger partial charge in [-0.15, -0.1) is 11.3 Å². The average Bonchev–Trinajstić information content (AvgIpc) is 3.19. The summed E-state index contributed by atoms with van der Waals surface area (Å²) in [4.78, 5) is 26.0. The van der Waals surface area contributed by atoms with E-state index in [1.165, 1.54) is 35.3 Å². The van der Waals surface area contributed by atoms with Gasteiger partial charge in [0, 0.05) is 10.4 Å². The number of anilines is 1. The van der Waals surface area contributed by atoms with Crippen LogP contribution in [-0.4, -0.2) is 18.2 Å². The Labute approximate surface area is 192 Å². The highest BCUT2D eigenvalue weighted by molar-refractivity contribution is 7.16. The van der Waals surface area contributed by atoms with E-state index in [1.54, 1.807) is 24.3 Å². The number of aryl methyl sites for hydroxylation is 3. The molecule has 4 nitrogen and oxygen atoms in total. The summed E-state index contributed by atoms with van der Waals surface area (Å²) in [5, 5.41) is 3.67. The second kappa shape index (κ2) is 11.2. The highest BCUT2D eigenvalue weighted by Gasteiger charge is 2.20. The summed E-state index contributed by atoms with van der Waals surface area (Å²) < 4.78 is 0. The lowest BCUT2D eigenvalue weighted by molar-refractivity contribution is -0.114. The van der Waals surface area contributed by atoms with Gasteiger partial charge in [-0.1, -0.05) is 61.3 Å². The number of rotatable bonds is 10. The summed E-state index contributed by atoms with van der Waals surface area (Å²) in [6.45, 7) is 2.06. The van der Waals surface area contributed by atoms with E-state index < -0.39 is 0 Å². The van der Waals surface area contributed by atoms with E-state index in [-0.39, 0.29) is 18.2 Å². The van der Waals surface area contributed by atoms with E-state index in [4.69, 9.17) is 17.3 Å². The molecule has 2 aromatic carbocycles. The lowest BCUT2D eigenvalue weighted by Crippen LogP contribution is -2.22. The van der Waals surface area contributed by atoms with Gasteiger partial charge in [0.05, 0.1) is 17.1 Å². The van der Waals surface area contributed by atoms with E-state index in [2.05, 4.69) is 36.5 Å². The summed E-state index contributed by atoms with van der Waals surface area (Å²) in [6, 6.07) is 17.5. The number of unbranched alkanes of at least 4 members (excludes halogenated alkanes) is 1. The van der Waals surface area contributed by atoms with Crippen molar-refractivity contribution >= 4 is 39.6 Å². The van der Waals surface area contributed by atoms with Gasteiger partial charge in [-0.05, 0) is 55.0 Å². The Hall–Kier alpha value is -2.47. The van der Waals surface area contributed by atoms with Crippen LogP contribution in [0.5, 0.6) is 0 Å². The zero-order valence-corrected chi connectivity index (χ0v) is 19.2. The summed E-state index contributed by atoms with van der Waals surface area (Å²) in [5.74, 6) is -0.537. The van der Waals surface area contributed by atoms with Gasteiger partial charge >= 0.3 is 0 Å². The van der Waals surface area contributed by atoms with E-state index in [9.17, 15) is 9.59 Å². The molecule has 3 aromatic rings. The number of carbonyl (C=O) groups excluding carboxylic acids is 2. The number of amides is 1. The SMILES string of the molecule is CCCCc1ccc(CCc2cc(C(=O)c3ccccc3Cl)c(NC(=O)CN)s2)cc1. The molecular formula is C25H27ClN2O2S. The van der Waals surface area contributed by atoms with E-state index >= 15 is 0 Å². The first kappa shape index (κ1) is 23.2. The Morgan fingerprint density at radius 2 is 1.65 bits per heavy atom. The van der Waals surface area contributed by atoms with Gasteiger partial charge in [-0.3, -0.25) is 9.59 Å². The van der Waals surface area contributed by atoms with Gasteiger partial charge in [0.1, 0.15) is 5.00 Å². The number of halogens is 1. The zero-order valence-electron chi connectivity index (χ0n) is 17.6. The maximum atomic E-state index is 13.1. The molecule has 1 aromatic heterocycles. The minimum Gasteiger partial charge on any atom is -0.322 e. The first-order valence-corrected chi connectivity index (χ1v) is 11.7. The van der Waals surface area contributed by atoms with Gasteiger partial charge in [-0.25, -0.2) is 0 Å². The molecule has 31 heavy (non-hydrogen) atoms. The van der Waals surface area contributed by atoms with Gasteiger partial charge in [-0.2, -0.15) is 0 Å². The maximum Gasteiger partial charge on any atom is 0.238 e. The van der Waals surface area contributed by atoms with E-state index in [0.29, 0.717) is 21.2 Å². The van der Waals surface area contributed by atoms with Crippen LogP contribution in [0, 0.1) is 0 Å². The van der Waals surface area contributed by atoms with Crippen LogP contribution in [0.25, 0.3) is 0 Å². The van der Waals surface area contributed by atoms with Crippen LogP contribution in [0.2, 0.25) is 5.02 Å². The standard InChI is InChI=1S/C25H27ClN2O2S/c1-2-3-6-17-9-11-18(12-10-17)13-14-19-15-21(25(31-19)28-23(29)16-27)24(30)20-7-4-5-8-22(20)26/h4-5,7-12,15H,2-3,6,13-14,16,27H2,1H3,(H,28,29). The number of hydrogen-bond acceptors (Lipinski definition) is 4. The van der Waals surface area contributed by atoms with Crippen LogP contribution in [0.1, 0.15) is 51.7 Å². The second-order valence-electron chi connectivity index (χ2n) is 7.44. The Kier molecular flexibility index (Phi) is 8.41. The lowest BCUT2D eigenvalue weighted by atomic mass is 10.0. The molecule has 0 aliphatic heterocycles. The van der Waals surface area contributed by atoms with Gasteiger partial charge in [0.2, 0.25) is 5.91 Å². The topological polar surface area (TPSA) is 72.2 Å². The minimum atomic E-state index is -0.329.